The number of rotatable bonds is 7. The molecule has 0 bridgehead atoms. The van der Waals surface area contributed by atoms with Crippen molar-refractivity contribution in [3.63, 3.8) is 0 Å². The first kappa shape index (κ1) is 18.0. The highest BCUT2D eigenvalue weighted by molar-refractivity contribution is 14.0. The van der Waals surface area contributed by atoms with Gasteiger partial charge in [-0.05, 0) is 39.2 Å². The number of aliphatic imine (C=N–C) groups is 1. The van der Waals surface area contributed by atoms with Gasteiger partial charge in [-0.2, -0.15) is 0 Å². The summed E-state index contributed by atoms with van der Waals surface area (Å²) in [5.41, 5.74) is 0. The van der Waals surface area contributed by atoms with Crippen LogP contribution in [0.25, 0.3) is 0 Å². The van der Waals surface area contributed by atoms with Gasteiger partial charge in [0.15, 0.2) is 5.96 Å². The van der Waals surface area contributed by atoms with Crippen molar-refractivity contribution < 1.29 is 0 Å². The fraction of sp³-hybridized carbons (Fsp3) is 0.923. The third-order valence-corrected chi connectivity index (χ3v) is 3.58. The summed E-state index contributed by atoms with van der Waals surface area (Å²) in [4.78, 5) is 6.60. The Bertz CT molecular complexity index is 241. The molecule has 0 aromatic heterocycles. The highest BCUT2D eigenvalue weighted by Crippen LogP contribution is 2.27. The van der Waals surface area contributed by atoms with Crippen LogP contribution in [0, 0.1) is 5.92 Å². The number of nitrogens with zero attached hydrogens (tertiary/aromatic N) is 2. The van der Waals surface area contributed by atoms with Crippen LogP contribution in [0.3, 0.4) is 0 Å². The average Bonchev–Trinajstić information content (AvgIpc) is 3.16. The minimum absolute atomic E-state index is 0. The number of hydrogen-bond donors (Lipinski definition) is 2. The predicted molar refractivity (Wildman–Crippen MR) is 89.9 cm³/mol. The molecule has 1 aliphatic carbocycles. The second-order valence-electron chi connectivity index (χ2n) is 5.06. The molecule has 0 aromatic rings. The van der Waals surface area contributed by atoms with Gasteiger partial charge in [0, 0.05) is 32.7 Å². The second-order valence-corrected chi connectivity index (χ2v) is 5.06. The van der Waals surface area contributed by atoms with Crippen LogP contribution in [0.5, 0.6) is 0 Å². The van der Waals surface area contributed by atoms with Gasteiger partial charge in [-0.25, -0.2) is 0 Å². The molecule has 18 heavy (non-hydrogen) atoms. The van der Waals surface area contributed by atoms with Crippen molar-refractivity contribution in [3.05, 3.63) is 0 Å². The Labute approximate surface area is 129 Å². The van der Waals surface area contributed by atoms with E-state index >= 15 is 0 Å². The molecule has 1 aliphatic rings. The third kappa shape index (κ3) is 7.41. The Morgan fingerprint density at radius 2 is 2.06 bits per heavy atom. The van der Waals surface area contributed by atoms with Crippen molar-refractivity contribution in [2.24, 2.45) is 10.9 Å². The highest BCUT2D eigenvalue weighted by Gasteiger charge is 2.20. The lowest BCUT2D eigenvalue weighted by Gasteiger charge is -2.23. The van der Waals surface area contributed by atoms with E-state index < -0.39 is 0 Å². The highest BCUT2D eigenvalue weighted by atomic mass is 127. The van der Waals surface area contributed by atoms with E-state index in [4.69, 9.17) is 0 Å². The molecule has 1 unspecified atom stereocenters. The monoisotopic (exact) mass is 368 g/mol. The smallest absolute Gasteiger partial charge is 0.191 e. The van der Waals surface area contributed by atoms with Crippen LogP contribution in [0.15, 0.2) is 4.99 Å². The standard InChI is InChI=1S/C13H28N4.HI/c1-5-11(2)17(4)9-8-15-13(14-3)16-10-12-6-7-12;/h11-12H,5-10H2,1-4H3,(H2,14,15,16);1H. The van der Waals surface area contributed by atoms with Crippen LogP contribution in [0.1, 0.15) is 33.1 Å². The summed E-state index contributed by atoms with van der Waals surface area (Å²) < 4.78 is 0. The number of halogens is 1. The van der Waals surface area contributed by atoms with Crippen LogP contribution in [0.2, 0.25) is 0 Å². The van der Waals surface area contributed by atoms with Crippen molar-refractivity contribution in [1.82, 2.24) is 15.5 Å². The molecular weight excluding hydrogens is 339 g/mol. The van der Waals surface area contributed by atoms with Gasteiger partial charge >= 0.3 is 0 Å². The van der Waals surface area contributed by atoms with Crippen LogP contribution >= 0.6 is 24.0 Å². The molecule has 0 amide bonds. The quantitative estimate of drug-likeness (QED) is 0.410. The molecular formula is C13H29IN4. The number of likely N-dealkylation sites (N-methyl/N-ethyl adjacent to an activating group) is 1. The number of hydrogen-bond acceptors (Lipinski definition) is 2. The van der Waals surface area contributed by atoms with E-state index in [2.05, 4.69) is 41.4 Å². The molecule has 0 radical (unpaired) electrons. The molecule has 4 nitrogen and oxygen atoms in total. The molecule has 1 atom stereocenters. The van der Waals surface area contributed by atoms with Crippen molar-refractivity contribution in [2.75, 3.05) is 33.7 Å². The first-order valence-corrected chi connectivity index (χ1v) is 6.82. The fourth-order valence-corrected chi connectivity index (χ4v) is 1.67. The second kappa shape index (κ2) is 9.83. The number of guanidine groups is 1. The minimum atomic E-state index is 0. The first-order valence-electron chi connectivity index (χ1n) is 6.82. The third-order valence-electron chi connectivity index (χ3n) is 3.58. The molecule has 0 aromatic carbocycles. The lowest BCUT2D eigenvalue weighted by Crippen LogP contribution is -2.42. The van der Waals surface area contributed by atoms with E-state index in [-0.39, 0.29) is 24.0 Å². The lowest BCUT2D eigenvalue weighted by atomic mass is 10.2. The van der Waals surface area contributed by atoms with Gasteiger partial charge in [0.05, 0.1) is 0 Å². The maximum atomic E-state index is 4.23. The molecule has 2 N–H and O–H groups in total. The van der Waals surface area contributed by atoms with Crippen LogP contribution < -0.4 is 10.6 Å². The molecule has 0 aliphatic heterocycles. The number of nitrogens with one attached hydrogen (secondary N) is 2. The van der Waals surface area contributed by atoms with Crippen molar-refractivity contribution in [2.45, 2.75) is 39.2 Å². The zero-order valence-corrected chi connectivity index (χ0v) is 14.5. The predicted octanol–water partition coefficient (Wildman–Crippen LogP) is 1.91. The van der Waals surface area contributed by atoms with E-state index in [0.717, 1.165) is 31.5 Å². The largest absolute Gasteiger partial charge is 0.356 e. The summed E-state index contributed by atoms with van der Waals surface area (Å²) in [6.07, 6.45) is 3.95. The Morgan fingerprint density at radius 3 is 2.56 bits per heavy atom. The summed E-state index contributed by atoms with van der Waals surface area (Å²) in [5, 5.41) is 6.73. The first-order chi connectivity index (χ1) is 8.17. The summed E-state index contributed by atoms with van der Waals surface area (Å²) in [5.74, 6) is 1.82. The van der Waals surface area contributed by atoms with E-state index in [9.17, 15) is 0 Å². The van der Waals surface area contributed by atoms with Crippen molar-refractivity contribution in [3.8, 4) is 0 Å². The van der Waals surface area contributed by atoms with E-state index in [0.29, 0.717) is 6.04 Å². The minimum Gasteiger partial charge on any atom is -0.356 e. The van der Waals surface area contributed by atoms with E-state index in [1.165, 1.54) is 19.3 Å². The van der Waals surface area contributed by atoms with Crippen molar-refractivity contribution >= 4 is 29.9 Å². The Balaban J connectivity index is 0.00000289. The topological polar surface area (TPSA) is 39.7 Å². The molecule has 0 spiro atoms. The van der Waals surface area contributed by atoms with Gasteiger partial charge in [-0.15, -0.1) is 24.0 Å². The van der Waals surface area contributed by atoms with Gasteiger partial charge in [0.1, 0.15) is 0 Å². The normalized spacial score (nSPS) is 17.3. The lowest BCUT2D eigenvalue weighted by molar-refractivity contribution is 0.255. The Hall–Kier alpha value is -0.0400. The zero-order valence-electron chi connectivity index (χ0n) is 12.2. The Kier molecular flexibility index (Phi) is 9.81. The van der Waals surface area contributed by atoms with Gasteiger partial charge in [-0.3, -0.25) is 4.99 Å². The maximum Gasteiger partial charge on any atom is 0.191 e. The van der Waals surface area contributed by atoms with E-state index in [1.807, 2.05) is 7.05 Å². The molecule has 0 heterocycles. The molecule has 108 valence electrons. The summed E-state index contributed by atoms with van der Waals surface area (Å²) in [6.45, 7) is 7.57. The van der Waals surface area contributed by atoms with Gasteiger partial charge in [0.25, 0.3) is 0 Å². The van der Waals surface area contributed by atoms with Crippen LogP contribution in [-0.2, 0) is 0 Å². The van der Waals surface area contributed by atoms with Gasteiger partial charge in [-0.1, -0.05) is 6.92 Å². The molecule has 1 fully saturated rings. The summed E-state index contributed by atoms with van der Waals surface area (Å²) in [7, 11) is 4.01. The van der Waals surface area contributed by atoms with E-state index in [1.54, 1.807) is 0 Å². The Morgan fingerprint density at radius 1 is 1.39 bits per heavy atom. The van der Waals surface area contributed by atoms with Crippen LogP contribution in [0.4, 0.5) is 0 Å². The molecule has 1 rings (SSSR count). The zero-order chi connectivity index (χ0) is 12.7. The summed E-state index contributed by atoms with van der Waals surface area (Å²) >= 11 is 0. The summed E-state index contributed by atoms with van der Waals surface area (Å²) in [6, 6.07) is 0.651. The molecule has 0 saturated heterocycles. The molecule has 1 saturated carbocycles. The average molecular weight is 368 g/mol. The fourth-order valence-electron chi connectivity index (χ4n) is 1.67. The SMILES string of the molecule is CCC(C)N(C)CCNC(=NC)NCC1CC1.I. The molecule has 5 heteroatoms. The van der Waals surface area contributed by atoms with Crippen LogP contribution in [-0.4, -0.2) is 50.6 Å². The van der Waals surface area contributed by atoms with Crippen molar-refractivity contribution in [1.29, 1.82) is 0 Å². The van der Waals surface area contributed by atoms with Gasteiger partial charge in [0.2, 0.25) is 0 Å². The maximum absolute atomic E-state index is 4.23. The van der Waals surface area contributed by atoms with Gasteiger partial charge < -0.3 is 15.5 Å².